The van der Waals surface area contributed by atoms with Crippen LogP contribution in [0.25, 0.3) is 0 Å². The van der Waals surface area contributed by atoms with E-state index in [1.165, 1.54) is 18.0 Å². The molecule has 1 atom stereocenters. The number of nitrogens with one attached hydrogen (secondary N) is 1. The van der Waals surface area contributed by atoms with Gasteiger partial charge in [-0.05, 0) is 18.9 Å². The molecule has 2 rings (SSSR count). The number of aromatic nitrogens is 2. The van der Waals surface area contributed by atoms with Gasteiger partial charge >= 0.3 is 0 Å². The highest BCUT2D eigenvalue weighted by Crippen LogP contribution is 2.22. The third-order valence-corrected chi connectivity index (χ3v) is 3.53. The second-order valence-electron chi connectivity index (χ2n) is 4.04. The van der Waals surface area contributed by atoms with Crippen molar-refractivity contribution in [2.24, 2.45) is 11.8 Å². The van der Waals surface area contributed by atoms with E-state index in [4.69, 9.17) is 10.6 Å². The first-order valence-electron chi connectivity index (χ1n) is 5.32. The molecular formula is C9H17N5OS. The van der Waals surface area contributed by atoms with Gasteiger partial charge in [-0.1, -0.05) is 4.49 Å². The number of hydrazine groups is 1. The first kappa shape index (κ1) is 11.7. The largest absolute Gasteiger partial charge is 0.384 e. The van der Waals surface area contributed by atoms with Crippen molar-refractivity contribution in [3.05, 3.63) is 5.69 Å². The van der Waals surface area contributed by atoms with Crippen molar-refractivity contribution < 1.29 is 4.74 Å². The lowest BCUT2D eigenvalue weighted by Crippen LogP contribution is -2.22. The van der Waals surface area contributed by atoms with Crippen LogP contribution in [-0.2, 0) is 11.3 Å². The van der Waals surface area contributed by atoms with Crippen molar-refractivity contribution in [1.82, 2.24) is 14.5 Å². The van der Waals surface area contributed by atoms with Gasteiger partial charge in [0.25, 0.3) is 0 Å². The number of nitrogen functional groups attached to an aromatic ring is 1. The summed E-state index contributed by atoms with van der Waals surface area (Å²) in [5.41, 5.74) is 3.56. The van der Waals surface area contributed by atoms with E-state index in [1.807, 2.05) is 0 Å². The molecule has 16 heavy (non-hydrogen) atoms. The van der Waals surface area contributed by atoms with Gasteiger partial charge in [0, 0.05) is 31.7 Å². The molecule has 1 unspecified atom stereocenters. The lowest BCUT2D eigenvalue weighted by molar-refractivity contribution is 0.152. The van der Waals surface area contributed by atoms with E-state index in [9.17, 15) is 0 Å². The average Bonchev–Trinajstić information content (AvgIpc) is 2.89. The fraction of sp³-hybridized carbons (Fsp3) is 0.778. The average molecular weight is 243 g/mol. The van der Waals surface area contributed by atoms with Gasteiger partial charge in [0.2, 0.25) is 0 Å². The Labute approximate surface area is 98.9 Å². The van der Waals surface area contributed by atoms with Crippen LogP contribution in [0, 0.1) is 5.92 Å². The minimum Gasteiger partial charge on any atom is -0.384 e. The molecule has 0 aromatic carbocycles. The molecular weight excluding hydrogens is 226 g/mol. The number of likely N-dealkylation sites (tertiary alicyclic amines) is 1. The lowest BCUT2D eigenvalue weighted by atomic mass is 10.1. The molecule has 0 saturated carbocycles. The van der Waals surface area contributed by atoms with Gasteiger partial charge in [-0.3, -0.25) is 4.90 Å². The van der Waals surface area contributed by atoms with E-state index < -0.39 is 0 Å². The number of hydrogen-bond donors (Lipinski definition) is 2. The van der Waals surface area contributed by atoms with Crippen LogP contribution in [0.2, 0.25) is 0 Å². The monoisotopic (exact) mass is 243 g/mol. The smallest absolute Gasteiger partial charge is 0.148 e. The van der Waals surface area contributed by atoms with E-state index >= 15 is 0 Å². The van der Waals surface area contributed by atoms with Crippen molar-refractivity contribution in [3.8, 4) is 0 Å². The van der Waals surface area contributed by atoms with E-state index in [0.717, 1.165) is 36.9 Å². The van der Waals surface area contributed by atoms with E-state index in [0.29, 0.717) is 5.92 Å². The molecule has 0 spiro atoms. The lowest BCUT2D eigenvalue weighted by Gasteiger charge is -2.14. The number of nitrogens with zero attached hydrogens (tertiary/aromatic N) is 3. The zero-order valence-corrected chi connectivity index (χ0v) is 10.2. The van der Waals surface area contributed by atoms with Crippen LogP contribution in [0.5, 0.6) is 0 Å². The Hall–Kier alpha value is -0.760. The molecule has 0 aliphatic carbocycles. The molecule has 7 heteroatoms. The molecule has 1 aliphatic rings. The number of hydrogen-bond acceptors (Lipinski definition) is 7. The molecule has 1 aliphatic heterocycles. The summed E-state index contributed by atoms with van der Waals surface area (Å²) in [5.74, 6) is 6.03. The number of rotatable bonds is 5. The number of ether oxygens (including phenoxy) is 1. The van der Waals surface area contributed by atoms with E-state index in [1.54, 1.807) is 7.11 Å². The molecule has 0 amide bonds. The Balaban J connectivity index is 1.87. The molecule has 3 N–H and O–H groups in total. The summed E-state index contributed by atoms with van der Waals surface area (Å²) >= 11 is 1.30. The van der Waals surface area contributed by atoms with Crippen LogP contribution in [-0.4, -0.2) is 41.3 Å². The van der Waals surface area contributed by atoms with Crippen LogP contribution in [0.1, 0.15) is 12.1 Å². The van der Waals surface area contributed by atoms with Crippen molar-refractivity contribution in [1.29, 1.82) is 0 Å². The Kier molecular flexibility index (Phi) is 4.05. The predicted octanol–water partition coefficient (Wildman–Crippen LogP) is 0.292. The Morgan fingerprint density at radius 3 is 3.31 bits per heavy atom. The van der Waals surface area contributed by atoms with Crippen LogP contribution >= 0.6 is 11.5 Å². The Bertz CT molecular complexity index is 331. The van der Waals surface area contributed by atoms with Crippen molar-refractivity contribution in [2.45, 2.75) is 13.0 Å². The van der Waals surface area contributed by atoms with Gasteiger partial charge in [0.1, 0.15) is 10.7 Å². The molecule has 2 heterocycles. The fourth-order valence-corrected chi connectivity index (χ4v) is 2.55. The third-order valence-electron chi connectivity index (χ3n) is 2.83. The quantitative estimate of drug-likeness (QED) is 0.572. The molecule has 1 saturated heterocycles. The minimum atomic E-state index is 0.644. The van der Waals surface area contributed by atoms with Crippen molar-refractivity contribution in [3.63, 3.8) is 0 Å². The van der Waals surface area contributed by atoms with Gasteiger partial charge in [-0.25, -0.2) is 5.84 Å². The highest BCUT2D eigenvalue weighted by molar-refractivity contribution is 7.10. The molecule has 1 aromatic heterocycles. The Morgan fingerprint density at radius 1 is 1.69 bits per heavy atom. The van der Waals surface area contributed by atoms with Gasteiger partial charge in [-0.15, -0.1) is 5.10 Å². The molecule has 1 fully saturated rings. The number of anilines is 1. The first-order chi connectivity index (χ1) is 7.83. The van der Waals surface area contributed by atoms with Crippen molar-refractivity contribution >= 4 is 16.5 Å². The van der Waals surface area contributed by atoms with Crippen molar-refractivity contribution in [2.75, 3.05) is 32.2 Å². The first-order valence-corrected chi connectivity index (χ1v) is 6.10. The highest BCUT2D eigenvalue weighted by Gasteiger charge is 2.23. The topological polar surface area (TPSA) is 76.3 Å². The van der Waals surface area contributed by atoms with Gasteiger partial charge < -0.3 is 10.2 Å². The van der Waals surface area contributed by atoms with Crippen LogP contribution in [0.15, 0.2) is 0 Å². The van der Waals surface area contributed by atoms with Crippen LogP contribution in [0.3, 0.4) is 0 Å². The fourth-order valence-electron chi connectivity index (χ4n) is 2.06. The maximum absolute atomic E-state index is 5.39. The summed E-state index contributed by atoms with van der Waals surface area (Å²) in [5, 5.41) is 4.93. The SMILES string of the molecule is COCC1CCN(Cc2nnsc2NN)C1. The standard InChI is InChI=1S/C9H17N5OS/c1-15-6-7-2-3-14(4-7)5-8-9(11-10)16-13-12-8/h7,11H,2-6,10H2,1H3. The normalized spacial score (nSPS) is 21.5. The summed E-state index contributed by atoms with van der Waals surface area (Å²) in [7, 11) is 1.75. The molecule has 0 radical (unpaired) electrons. The Morgan fingerprint density at radius 2 is 2.56 bits per heavy atom. The summed E-state index contributed by atoms with van der Waals surface area (Å²) in [4.78, 5) is 2.36. The maximum atomic E-state index is 5.39. The third kappa shape index (κ3) is 2.67. The molecule has 1 aromatic rings. The number of methoxy groups -OCH3 is 1. The predicted molar refractivity (Wildman–Crippen MR) is 63.0 cm³/mol. The minimum absolute atomic E-state index is 0.644. The zero-order chi connectivity index (χ0) is 11.4. The summed E-state index contributed by atoms with van der Waals surface area (Å²) in [6.45, 7) is 3.81. The van der Waals surface area contributed by atoms with Gasteiger partial charge in [-0.2, -0.15) is 0 Å². The molecule has 90 valence electrons. The zero-order valence-electron chi connectivity index (χ0n) is 9.35. The van der Waals surface area contributed by atoms with Gasteiger partial charge in [0.05, 0.1) is 6.61 Å². The summed E-state index contributed by atoms with van der Waals surface area (Å²) in [6.07, 6.45) is 1.19. The van der Waals surface area contributed by atoms with Gasteiger partial charge in [0.15, 0.2) is 0 Å². The second-order valence-corrected chi connectivity index (χ2v) is 4.79. The van der Waals surface area contributed by atoms with Crippen LogP contribution < -0.4 is 11.3 Å². The highest BCUT2D eigenvalue weighted by atomic mass is 32.1. The van der Waals surface area contributed by atoms with E-state index in [-0.39, 0.29) is 0 Å². The van der Waals surface area contributed by atoms with Crippen LogP contribution in [0.4, 0.5) is 5.00 Å². The molecule has 6 nitrogen and oxygen atoms in total. The van der Waals surface area contributed by atoms with E-state index in [2.05, 4.69) is 19.9 Å². The summed E-state index contributed by atoms with van der Waals surface area (Å²) in [6, 6.07) is 0. The second kappa shape index (κ2) is 5.53. The number of nitrogens with two attached hydrogens (primary N) is 1. The summed E-state index contributed by atoms with van der Waals surface area (Å²) < 4.78 is 9.06. The molecule has 0 bridgehead atoms. The maximum Gasteiger partial charge on any atom is 0.148 e.